The van der Waals surface area contributed by atoms with Crippen LogP contribution in [0.2, 0.25) is 0 Å². The van der Waals surface area contributed by atoms with Gasteiger partial charge in [-0.05, 0) is 54.6 Å². The number of allylic oxidation sites excluding steroid dienone is 5. The molecule has 0 heterocycles. The van der Waals surface area contributed by atoms with Crippen LogP contribution >= 0.6 is 0 Å². The van der Waals surface area contributed by atoms with Crippen LogP contribution in [0.1, 0.15) is 89.0 Å². The van der Waals surface area contributed by atoms with E-state index in [-0.39, 0.29) is 68.4 Å². The molecule has 2 rings (SSSR count). The Morgan fingerprint density at radius 1 is 0.867 bits per heavy atom. The van der Waals surface area contributed by atoms with Crippen molar-refractivity contribution >= 4 is 0 Å². The SMILES string of the molecule is CC(C)(C)OC1(C(C)(C)C2=[C-]CC=C2)CC=C(C(C)(C)C)C=C1C(C)(C)C.[Cl-].[Cl-].[Ti+3]. The van der Waals surface area contributed by atoms with Crippen molar-refractivity contribution in [2.75, 3.05) is 0 Å². The van der Waals surface area contributed by atoms with Gasteiger partial charge in [-0.15, -0.1) is 6.42 Å². The topological polar surface area (TPSA) is 9.23 Å². The molecule has 0 aliphatic heterocycles. The second-order valence-corrected chi connectivity index (χ2v) is 11.8. The molecule has 0 saturated heterocycles. The first-order valence-corrected chi connectivity index (χ1v) is 10.4. The molecule has 0 aromatic rings. The Morgan fingerprint density at radius 3 is 1.77 bits per heavy atom. The second kappa shape index (κ2) is 10.4. The van der Waals surface area contributed by atoms with Crippen molar-refractivity contribution in [2.24, 2.45) is 16.2 Å². The molecule has 2 aliphatic carbocycles. The Hall–Kier alpha value is 0.214. The molecule has 1 nitrogen and oxygen atoms in total. The van der Waals surface area contributed by atoms with Gasteiger partial charge in [0.2, 0.25) is 0 Å². The maximum Gasteiger partial charge on any atom is 3.00 e. The first-order chi connectivity index (χ1) is 12.0. The smallest absolute Gasteiger partial charge is 1.00 e. The van der Waals surface area contributed by atoms with E-state index >= 15 is 0 Å². The molecule has 0 saturated carbocycles. The average Bonchev–Trinajstić information content (AvgIpc) is 2.97. The van der Waals surface area contributed by atoms with E-state index in [1.54, 1.807) is 0 Å². The van der Waals surface area contributed by atoms with E-state index in [9.17, 15) is 0 Å². The predicted octanol–water partition coefficient (Wildman–Crippen LogP) is 1.61. The van der Waals surface area contributed by atoms with Crippen LogP contribution in [0.5, 0.6) is 0 Å². The average molecular weight is 488 g/mol. The first kappa shape index (κ1) is 32.4. The third-order valence-corrected chi connectivity index (χ3v) is 5.88. The zero-order valence-electron chi connectivity index (χ0n) is 20.9. The van der Waals surface area contributed by atoms with Crippen molar-refractivity contribution in [1.29, 1.82) is 0 Å². The standard InChI is InChI=1S/C26H41O.2ClH.Ti/c1-22(2,3)20-16-17-26(27-24(7,8)9,21(18-20)23(4,5)6)25(10,11)19-14-12-13-15-19;;;/h12,14,16,18H,13,17H2,1-11H3;2*1H;/q-1;;;+3/p-2. The van der Waals surface area contributed by atoms with E-state index in [0.717, 1.165) is 12.8 Å². The Balaban J connectivity index is 0. The number of hydrogen-bond acceptors (Lipinski definition) is 1. The molecule has 0 fully saturated rings. The minimum Gasteiger partial charge on any atom is -1.00 e. The molecule has 1 unspecified atom stereocenters. The van der Waals surface area contributed by atoms with Gasteiger partial charge in [-0.3, -0.25) is 6.08 Å². The van der Waals surface area contributed by atoms with E-state index in [4.69, 9.17) is 4.74 Å². The zero-order chi connectivity index (χ0) is 20.9. The summed E-state index contributed by atoms with van der Waals surface area (Å²) in [5.74, 6) is 0. The molecule has 1 atom stereocenters. The minimum atomic E-state index is -0.394. The summed E-state index contributed by atoms with van der Waals surface area (Å²) in [5, 5.41) is 0. The monoisotopic (exact) mass is 487 g/mol. The van der Waals surface area contributed by atoms with Crippen molar-refractivity contribution in [3.05, 3.63) is 47.1 Å². The first-order valence-electron chi connectivity index (χ1n) is 10.4. The Kier molecular flexibility index (Phi) is 11.3. The molecule has 0 bridgehead atoms. The quantitative estimate of drug-likeness (QED) is 0.434. The summed E-state index contributed by atoms with van der Waals surface area (Å²) in [6.07, 6.45) is 14.7. The third kappa shape index (κ3) is 6.61. The van der Waals surface area contributed by atoms with E-state index in [1.807, 2.05) is 0 Å². The summed E-state index contributed by atoms with van der Waals surface area (Å²) in [6, 6.07) is 0. The Morgan fingerprint density at radius 2 is 1.40 bits per heavy atom. The van der Waals surface area contributed by atoms with Gasteiger partial charge >= 0.3 is 21.7 Å². The van der Waals surface area contributed by atoms with Gasteiger partial charge in [-0.1, -0.05) is 67.5 Å². The largest absolute Gasteiger partial charge is 3.00 e. The Labute approximate surface area is 214 Å². The third-order valence-electron chi connectivity index (χ3n) is 5.88. The molecule has 0 amide bonds. The summed E-state index contributed by atoms with van der Waals surface area (Å²) < 4.78 is 7.04. The second-order valence-electron chi connectivity index (χ2n) is 11.8. The minimum absolute atomic E-state index is 0. The maximum atomic E-state index is 7.04. The molecular formula is C26H41Cl2OTi. The van der Waals surface area contributed by atoms with Gasteiger partial charge in [-0.25, -0.2) is 11.6 Å². The van der Waals surface area contributed by atoms with Crippen molar-refractivity contribution in [3.8, 4) is 0 Å². The number of halogens is 2. The van der Waals surface area contributed by atoms with E-state index in [2.05, 4.69) is 107 Å². The molecule has 0 aromatic heterocycles. The van der Waals surface area contributed by atoms with Gasteiger partial charge in [0.25, 0.3) is 0 Å². The fourth-order valence-corrected chi connectivity index (χ4v) is 4.43. The van der Waals surface area contributed by atoms with Crippen LogP contribution in [0.15, 0.2) is 41.0 Å². The molecule has 2 aliphatic rings. The summed E-state index contributed by atoms with van der Waals surface area (Å²) in [6.45, 7) is 25.1. The molecule has 0 aromatic carbocycles. The molecular weight excluding hydrogens is 447 g/mol. The van der Waals surface area contributed by atoms with Gasteiger partial charge in [0.05, 0.1) is 5.60 Å². The van der Waals surface area contributed by atoms with Crippen LogP contribution in [-0.4, -0.2) is 11.2 Å². The van der Waals surface area contributed by atoms with Gasteiger partial charge in [0.1, 0.15) is 5.60 Å². The van der Waals surface area contributed by atoms with Crippen LogP contribution in [0.25, 0.3) is 0 Å². The molecule has 0 spiro atoms. The van der Waals surface area contributed by atoms with Crippen molar-refractivity contribution in [3.63, 3.8) is 0 Å². The van der Waals surface area contributed by atoms with E-state index in [1.165, 1.54) is 16.7 Å². The summed E-state index contributed by atoms with van der Waals surface area (Å²) in [7, 11) is 0. The fourth-order valence-electron chi connectivity index (χ4n) is 4.43. The Bertz CT molecular complexity index is 707. The van der Waals surface area contributed by atoms with Gasteiger partial charge in [0.15, 0.2) is 0 Å². The maximum absolute atomic E-state index is 7.04. The summed E-state index contributed by atoms with van der Waals surface area (Å²) in [4.78, 5) is 0. The van der Waals surface area contributed by atoms with Crippen LogP contribution in [0.4, 0.5) is 0 Å². The van der Waals surface area contributed by atoms with Crippen molar-refractivity contribution < 1.29 is 51.3 Å². The van der Waals surface area contributed by atoms with Crippen LogP contribution in [0, 0.1) is 22.3 Å². The van der Waals surface area contributed by atoms with Gasteiger partial charge in [0, 0.05) is 0 Å². The van der Waals surface area contributed by atoms with Crippen LogP contribution in [-0.2, 0) is 26.5 Å². The van der Waals surface area contributed by atoms with Crippen LogP contribution < -0.4 is 24.8 Å². The van der Waals surface area contributed by atoms with E-state index in [0.29, 0.717) is 0 Å². The van der Waals surface area contributed by atoms with Crippen molar-refractivity contribution in [2.45, 2.75) is 100 Å². The zero-order valence-corrected chi connectivity index (χ0v) is 24.0. The van der Waals surface area contributed by atoms with Crippen molar-refractivity contribution in [1.82, 2.24) is 0 Å². The molecule has 0 N–H and O–H groups in total. The van der Waals surface area contributed by atoms with Gasteiger partial charge < -0.3 is 29.6 Å². The molecule has 169 valence electrons. The van der Waals surface area contributed by atoms with Gasteiger partial charge in [-0.2, -0.15) is 6.08 Å². The summed E-state index contributed by atoms with van der Waals surface area (Å²) in [5.41, 5.74) is 3.42. The predicted molar refractivity (Wildman–Crippen MR) is 118 cm³/mol. The summed E-state index contributed by atoms with van der Waals surface area (Å²) >= 11 is 0. The van der Waals surface area contributed by atoms with Crippen LogP contribution in [0.3, 0.4) is 0 Å². The number of ether oxygens (including phenoxy) is 1. The number of rotatable bonds is 3. The normalized spacial score (nSPS) is 22.2. The molecule has 1 radical (unpaired) electrons. The van der Waals surface area contributed by atoms with E-state index < -0.39 is 5.60 Å². The number of hydrogen-bond donors (Lipinski definition) is 0. The molecule has 4 heteroatoms. The fraction of sp³-hybridized carbons (Fsp3) is 0.692. The molecule has 30 heavy (non-hydrogen) atoms.